The molecule has 1 aromatic rings. The van der Waals surface area contributed by atoms with Gasteiger partial charge in [0.15, 0.2) is 0 Å². The van der Waals surface area contributed by atoms with Crippen molar-refractivity contribution in [2.75, 3.05) is 13.6 Å². The molecule has 4 unspecified atom stereocenters. The second-order valence-corrected chi connectivity index (χ2v) is 9.42. The van der Waals surface area contributed by atoms with Crippen LogP contribution in [0.5, 0.6) is 0 Å². The minimum absolute atomic E-state index is 0.265. The zero-order valence-electron chi connectivity index (χ0n) is 17.3. The summed E-state index contributed by atoms with van der Waals surface area (Å²) in [4.78, 5) is 2.39. The van der Waals surface area contributed by atoms with E-state index in [2.05, 4.69) is 83.1 Å². The van der Waals surface area contributed by atoms with Gasteiger partial charge in [0.05, 0.1) is 0 Å². The molecule has 2 rings (SSSR count). The van der Waals surface area contributed by atoms with Gasteiger partial charge in [-0.25, -0.2) is 0 Å². The Labute approximate surface area is 155 Å². The third-order valence-corrected chi connectivity index (χ3v) is 5.46. The standard InChI is InChI=1S/C22H39N3/c1-8-24-20-19(23)21(20)25(7)14-16-9-11-17(12-10-16)18(15(2)3)13-22(4,5)6/h9-12,15,18-21,24H,8,13-14,23H2,1-7H3. The van der Waals surface area contributed by atoms with Crippen molar-refractivity contribution < 1.29 is 0 Å². The molecule has 0 heterocycles. The zero-order chi connectivity index (χ0) is 18.8. The lowest BCUT2D eigenvalue weighted by atomic mass is 9.76. The first-order chi connectivity index (χ1) is 11.6. The van der Waals surface area contributed by atoms with Crippen molar-refractivity contribution in [3.05, 3.63) is 35.4 Å². The highest BCUT2D eigenvalue weighted by Crippen LogP contribution is 2.36. The van der Waals surface area contributed by atoms with Crippen LogP contribution in [0.3, 0.4) is 0 Å². The summed E-state index contributed by atoms with van der Waals surface area (Å²) in [6.45, 7) is 15.8. The van der Waals surface area contributed by atoms with Gasteiger partial charge >= 0.3 is 0 Å². The number of nitrogens with zero attached hydrogens (tertiary/aromatic N) is 1. The number of hydrogen-bond donors (Lipinski definition) is 2. The molecule has 4 atom stereocenters. The number of benzene rings is 1. The molecule has 0 bridgehead atoms. The first-order valence-corrected chi connectivity index (χ1v) is 9.92. The Morgan fingerprint density at radius 1 is 1.16 bits per heavy atom. The van der Waals surface area contributed by atoms with Gasteiger partial charge in [0.25, 0.3) is 0 Å². The van der Waals surface area contributed by atoms with E-state index < -0.39 is 0 Å². The van der Waals surface area contributed by atoms with Crippen molar-refractivity contribution >= 4 is 0 Å². The van der Waals surface area contributed by atoms with Crippen LogP contribution in [-0.2, 0) is 6.54 Å². The second kappa shape index (κ2) is 8.20. The molecule has 1 aliphatic rings. The fourth-order valence-electron chi connectivity index (χ4n) is 4.04. The van der Waals surface area contributed by atoms with Gasteiger partial charge in [-0.2, -0.15) is 0 Å². The fourth-order valence-corrected chi connectivity index (χ4v) is 4.04. The van der Waals surface area contributed by atoms with E-state index in [0.717, 1.165) is 13.1 Å². The number of nitrogens with two attached hydrogens (primary N) is 1. The summed E-state index contributed by atoms with van der Waals surface area (Å²) >= 11 is 0. The molecule has 1 saturated carbocycles. The van der Waals surface area contributed by atoms with Gasteiger partial charge in [0.2, 0.25) is 0 Å². The van der Waals surface area contributed by atoms with Crippen molar-refractivity contribution in [1.29, 1.82) is 0 Å². The van der Waals surface area contributed by atoms with Gasteiger partial charge in [-0.15, -0.1) is 0 Å². The molecule has 0 saturated heterocycles. The quantitative estimate of drug-likeness (QED) is 0.749. The van der Waals surface area contributed by atoms with Gasteiger partial charge in [0.1, 0.15) is 0 Å². The van der Waals surface area contributed by atoms with E-state index in [4.69, 9.17) is 5.73 Å². The molecule has 25 heavy (non-hydrogen) atoms. The van der Waals surface area contributed by atoms with E-state index >= 15 is 0 Å². The molecule has 0 amide bonds. The highest BCUT2D eigenvalue weighted by Gasteiger charge is 2.49. The molecule has 142 valence electrons. The largest absolute Gasteiger partial charge is 0.325 e. The Hall–Kier alpha value is -0.900. The number of likely N-dealkylation sites (N-methyl/N-ethyl adjacent to an activating group) is 2. The van der Waals surface area contributed by atoms with Crippen molar-refractivity contribution in [2.24, 2.45) is 17.1 Å². The van der Waals surface area contributed by atoms with Crippen LogP contribution in [0.1, 0.15) is 65.0 Å². The van der Waals surface area contributed by atoms with E-state index in [1.807, 2.05) is 0 Å². The molecular weight excluding hydrogens is 306 g/mol. The topological polar surface area (TPSA) is 41.3 Å². The van der Waals surface area contributed by atoms with Crippen LogP contribution in [0.2, 0.25) is 0 Å². The molecule has 3 heteroatoms. The maximum atomic E-state index is 6.20. The monoisotopic (exact) mass is 345 g/mol. The maximum Gasteiger partial charge on any atom is 0.0432 e. The Bertz CT molecular complexity index is 529. The van der Waals surface area contributed by atoms with Crippen LogP contribution in [0.4, 0.5) is 0 Å². The van der Waals surface area contributed by atoms with E-state index in [9.17, 15) is 0 Å². The van der Waals surface area contributed by atoms with Gasteiger partial charge in [-0.05, 0) is 48.4 Å². The van der Waals surface area contributed by atoms with Crippen molar-refractivity contribution in [3.63, 3.8) is 0 Å². The molecule has 3 nitrogen and oxygen atoms in total. The highest BCUT2D eigenvalue weighted by atomic mass is 15.3. The summed E-state index contributed by atoms with van der Waals surface area (Å²) in [7, 11) is 2.19. The van der Waals surface area contributed by atoms with E-state index in [1.54, 1.807) is 0 Å². The van der Waals surface area contributed by atoms with Crippen LogP contribution in [0.15, 0.2) is 24.3 Å². The van der Waals surface area contributed by atoms with E-state index in [1.165, 1.54) is 17.5 Å². The summed E-state index contributed by atoms with van der Waals surface area (Å²) in [6, 6.07) is 10.5. The smallest absolute Gasteiger partial charge is 0.0432 e. The van der Waals surface area contributed by atoms with Gasteiger partial charge in [-0.1, -0.05) is 65.8 Å². The van der Waals surface area contributed by atoms with Gasteiger partial charge in [0, 0.05) is 24.7 Å². The molecule has 1 aromatic carbocycles. The molecule has 3 N–H and O–H groups in total. The lowest BCUT2D eigenvalue weighted by Crippen LogP contribution is -2.28. The zero-order valence-corrected chi connectivity index (χ0v) is 17.3. The van der Waals surface area contributed by atoms with Crippen molar-refractivity contribution in [1.82, 2.24) is 10.2 Å². The number of nitrogens with one attached hydrogen (secondary N) is 1. The van der Waals surface area contributed by atoms with Crippen LogP contribution < -0.4 is 11.1 Å². The number of hydrogen-bond acceptors (Lipinski definition) is 3. The van der Waals surface area contributed by atoms with Crippen LogP contribution >= 0.6 is 0 Å². The first-order valence-electron chi connectivity index (χ1n) is 9.92. The Balaban J connectivity index is 1.99. The average molecular weight is 346 g/mol. The normalized spacial score (nSPS) is 24.8. The van der Waals surface area contributed by atoms with Crippen LogP contribution in [0, 0.1) is 11.3 Å². The Morgan fingerprint density at radius 2 is 1.76 bits per heavy atom. The van der Waals surface area contributed by atoms with E-state index in [0.29, 0.717) is 29.3 Å². The lowest BCUT2D eigenvalue weighted by molar-refractivity contribution is 0.298. The summed E-state index contributed by atoms with van der Waals surface area (Å²) in [5.74, 6) is 1.29. The maximum absolute atomic E-state index is 6.20. The van der Waals surface area contributed by atoms with E-state index in [-0.39, 0.29) is 6.04 Å². The lowest BCUT2D eigenvalue weighted by Gasteiger charge is -2.29. The highest BCUT2D eigenvalue weighted by molar-refractivity contribution is 5.27. The minimum Gasteiger partial charge on any atom is -0.325 e. The van der Waals surface area contributed by atoms with Gasteiger partial charge in [-0.3, -0.25) is 4.90 Å². The molecule has 0 spiro atoms. The van der Waals surface area contributed by atoms with Crippen LogP contribution in [-0.4, -0.2) is 36.6 Å². The second-order valence-electron chi connectivity index (χ2n) is 9.42. The third kappa shape index (κ3) is 5.54. The summed E-state index contributed by atoms with van der Waals surface area (Å²) < 4.78 is 0. The SMILES string of the molecule is CCNC1C(N)C1N(C)Cc1ccc(C(CC(C)(C)C)C(C)C)cc1. The Morgan fingerprint density at radius 3 is 2.24 bits per heavy atom. The molecule has 1 fully saturated rings. The molecule has 0 aromatic heterocycles. The minimum atomic E-state index is 0.265. The number of rotatable bonds is 8. The molecule has 0 aliphatic heterocycles. The fraction of sp³-hybridized carbons (Fsp3) is 0.727. The average Bonchev–Trinajstić information content (AvgIpc) is 3.15. The molecule has 1 aliphatic carbocycles. The van der Waals surface area contributed by atoms with Crippen LogP contribution in [0.25, 0.3) is 0 Å². The molecular formula is C22H39N3. The molecule has 0 radical (unpaired) electrons. The predicted octanol–water partition coefficient (Wildman–Crippen LogP) is 3.98. The van der Waals surface area contributed by atoms with Crippen molar-refractivity contribution in [2.45, 2.75) is 78.6 Å². The summed E-state index contributed by atoms with van der Waals surface area (Å²) in [6.07, 6.45) is 1.23. The summed E-state index contributed by atoms with van der Waals surface area (Å²) in [5, 5.41) is 3.48. The predicted molar refractivity (Wildman–Crippen MR) is 109 cm³/mol. The Kier molecular flexibility index (Phi) is 6.69. The summed E-state index contributed by atoms with van der Waals surface area (Å²) in [5.41, 5.74) is 9.41. The van der Waals surface area contributed by atoms with Crippen molar-refractivity contribution in [3.8, 4) is 0 Å². The third-order valence-electron chi connectivity index (χ3n) is 5.46. The van der Waals surface area contributed by atoms with Gasteiger partial charge < -0.3 is 11.1 Å². The first kappa shape index (κ1) is 20.4.